The predicted octanol–water partition coefficient (Wildman–Crippen LogP) is 2.09. The summed E-state index contributed by atoms with van der Waals surface area (Å²) in [5.41, 5.74) is 1.67. The molecular weight excluding hydrogens is 413 g/mol. The monoisotopic (exact) mass is 441 g/mol. The van der Waals surface area contributed by atoms with Crippen molar-refractivity contribution in [2.45, 2.75) is 19.1 Å². The number of aliphatic hydroxyl groups is 1. The number of fused-ring (bicyclic) bond motifs is 1. The highest BCUT2D eigenvalue weighted by molar-refractivity contribution is 5.94. The van der Waals surface area contributed by atoms with E-state index in [1.807, 2.05) is 18.2 Å². The highest BCUT2D eigenvalue weighted by atomic mass is 19.1. The van der Waals surface area contributed by atoms with Crippen LogP contribution in [0.1, 0.15) is 6.92 Å². The Bertz CT molecular complexity index is 1060. The van der Waals surface area contributed by atoms with Gasteiger partial charge in [-0.3, -0.25) is 19.7 Å². The average Bonchev–Trinajstić information content (AvgIpc) is 3.23. The van der Waals surface area contributed by atoms with E-state index in [0.29, 0.717) is 13.1 Å². The third kappa shape index (κ3) is 5.61. The number of H-pyrrole nitrogens is 1. The van der Waals surface area contributed by atoms with Crippen molar-refractivity contribution in [1.29, 1.82) is 0 Å². The highest BCUT2D eigenvalue weighted by Crippen LogP contribution is 2.18. The number of hydrogen-bond acceptors (Lipinski definition) is 6. The van der Waals surface area contributed by atoms with Crippen LogP contribution in [-0.4, -0.2) is 82.5 Å². The van der Waals surface area contributed by atoms with Crippen molar-refractivity contribution >= 4 is 22.5 Å². The van der Waals surface area contributed by atoms with Crippen LogP contribution in [0, 0.1) is 5.82 Å². The number of aromatic nitrogens is 2. The maximum Gasteiger partial charge on any atom is 0.238 e. The predicted molar refractivity (Wildman–Crippen MR) is 120 cm³/mol. The van der Waals surface area contributed by atoms with Gasteiger partial charge in [0.25, 0.3) is 0 Å². The third-order valence-electron chi connectivity index (χ3n) is 5.65. The van der Waals surface area contributed by atoms with Crippen LogP contribution in [0.2, 0.25) is 0 Å². The molecule has 2 unspecified atom stereocenters. The van der Waals surface area contributed by atoms with Crippen molar-refractivity contribution in [3.63, 3.8) is 0 Å². The second-order valence-electron chi connectivity index (χ2n) is 8.19. The van der Waals surface area contributed by atoms with Crippen LogP contribution >= 0.6 is 0 Å². The number of β-amino-alcohol motifs (C(OH)–C–C–N with tert-alkyl or cyclic N) is 1. The minimum absolute atomic E-state index is 0.0251. The number of carbonyl (C=O) groups excluding carboxylic acids is 1. The number of para-hydroxylation sites is 1. The number of piperazine rings is 1. The van der Waals surface area contributed by atoms with Gasteiger partial charge in [0.2, 0.25) is 5.91 Å². The Morgan fingerprint density at radius 1 is 1.34 bits per heavy atom. The number of carbonyl (C=O) groups is 1. The first-order chi connectivity index (χ1) is 15.5. The maximum atomic E-state index is 13.6. The fourth-order valence-corrected chi connectivity index (χ4v) is 3.98. The van der Waals surface area contributed by atoms with E-state index in [-0.39, 0.29) is 24.3 Å². The first-order valence-electron chi connectivity index (χ1n) is 10.7. The van der Waals surface area contributed by atoms with Gasteiger partial charge in [0.15, 0.2) is 11.6 Å². The van der Waals surface area contributed by atoms with Crippen molar-refractivity contribution in [2.75, 3.05) is 44.6 Å². The van der Waals surface area contributed by atoms with Crippen molar-refractivity contribution in [3.8, 4) is 5.75 Å². The maximum absolute atomic E-state index is 13.6. The highest BCUT2D eigenvalue weighted by Gasteiger charge is 2.26. The lowest BCUT2D eigenvalue weighted by Gasteiger charge is -2.40. The Kier molecular flexibility index (Phi) is 6.99. The van der Waals surface area contributed by atoms with Gasteiger partial charge >= 0.3 is 0 Å². The topological polar surface area (TPSA) is 93.7 Å². The summed E-state index contributed by atoms with van der Waals surface area (Å²) in [6.07, 6.45) is 0.992. The van der Waals surface area contributed by atoms with E-state index < -0.39 is 11.9 Å². The molecule has 4 rings (SSSR count). The summed E-state index contributed by atoms with van der Waals surface area (Å²) in [4.78, 5) is 16.8. The van der Waals surface area contributed by atoms with E-state index in [1.54, 1.807) is 24.4 Å². The Morgan fingerprint density at radius 3 is 3.00 bits per heavy atom. The molecule has 2 aromatic carbocycles. The van der Waals surface area contributed by atoms with Gasteiger partial charge in [0, 0.05) is 43.3 Å². The van der Waals surface area contributed by atoms with Crippen LogP contribution in [0.5, 0.6) is 5.75 Å². The van der Waals surface area contributed by atoms with E-state index in [1.165, 1.54) is 6.07 Å². The van der Waals surface area contributed by atoms with Gasteiger partial charge < -0.3 is 15.2 Å². The van der Waals surface area contributed by atoms with Crippen LogP contribution < -0.4 is 10.1 Å². The molecule has 0 radical (unpaired) electrons. The summed E-state index contributed by atoms with van der Waals surface area (Å²) in [5.74, 6) is -0.362. The van der Waals surface area contributed by atoms with Crippen LogP contribution in [0.25, 0.3) is 10.9 Å². The summed E-state index contributed by atoms with van der Waals surface area (Å²) in [6, 6.07) is 12.0. The van der Waals surface area contributed by atoms with E-state index in [4.69, 9.17) is 4.74 Å². The minimum atomic E-state index is -0.732. The second kappa shape index (κ2) is 10.1. The molecule has 1 saturated heterocycles. The third-order valence-corrected chi connectivity index (χ3v) is 5.65. The van der Waals surface area contributed by atoms with Crippen LogP contribution in [-0.2, 0) is 4.79 Å². The number of halogens is 1. The molecule has 0 spiro atoms. The Balaban J connectivity index is 1.21. The van der Waals surface area contributed by atoms with Crippen LogP contribution in [0.15, 0.2) is 48.7 Å². The zero-order valence-corrected chi connectivity index (χ0v) is 18.0. The number of amides is 1. The SMILES string of the molecule is CC1CN(CC(=O)Nc2ccc3[nH]ncc3c2)CCN1CC(O)COc1ccccc1F. The minimum Gasteiger partial charge on any atom is -0.488 e. The fraction of sp³-hybridized carbons (Fsp3) is 0.391. The molecule has 3 aromatic rings. The normalized spacial score (nSPS) is 18.5. The summed E-state index contributed by atoms with van der Waals surface area (Å²) < 4.78 is 19.0. The summed E-state index contributed by atoms with van der Waals surface area (Å²) in [7, 11) is 0. The molecule has 1 aliphatic heterocycles. The van der Waals surface area contributed by atoms with Crippen molar-refractivity contribution in [2.24, 2.45) is 0 Å². The van der Waals surface area contributed by atoms with Crippen molar-refractivity contribution in [1.82, 2.24) is 20.0 Å². The second-order valence-corrected chi connectivity index (χ2v) is 8.19. The van der Waals surface area contributed by atoms with Crippen LogP contribution in [0.4, 0.5) is 10.1 Å². The van der Waals surface area contributed by atoms with Gasteiger partial charge in [0.05, 0.1) is 18.3 Å². The van der Waals surface area contributed by atoms with Crippen LogP contribution in [0.3, 0.4) is 0 Å². The molecule has 2 atom stereocenters. The number of anilines is 1. The molecular formula is C23H28FN5O3. The molecule has 0 saturated carbocycles. The summed E-state index contributed by atoms with van der Waals surface area (Å²) >= 11 is 0. The number of rotatable bonds is 8. The molecule has 0 aliphatic carbocycles. The number of nitrogens with one attached hydrogen (secondary N) is 2. The number of benzene rings is 2. The molecule has 9 heteroatoms. The first-order valence-corrected chi connectivity index (χ1v) is 10.7. The number of aromatic amines is 1. The summed E-state index contributed by atoms with van der Waals surface area (Å²) in [6.45, 7) is 5.00. The molecule has 2 heterocycles. The lowest BCUT2D eigenvalue weighted by Crippen LogP contribution is -2.55. The number of ether oxygens (including phenoxy) is 1. The Labute approximate surface area is 186 Å². The lowest BCUT2D eigenvalue weighted by molar-refractivity contribution is -0.118. The van der Waals surface area contributed by atoms with Gasteiger partial charge in [0.1, 0.15) is 12.7 Å². The van der Waals surface area contributed by atoms with Gasteiger partial charge in [-0.1, -0.05) is 12.1 Å². The Hall–Kier alpha value is -3.01. The molecule has 3 N–H and O–H groups in total. The molecule has 8 nitrogen and oxygen atoms in total. The zero-order chi connectivity index (χ0) is 22.5. The van der Waals surface area contributed by atoms with Gasteiger partial charge in [-0.05, 0) is 37.3 Å². The summed E-state index contributed by atoms with van der Waals surface area (Å²) in [5, 5.41) is 21.1. The number of nitrogens with zero attached hydrogens (tertiary/aromatic N) is 3. The zero-order valence-electron chi connectivity index (χ0n) is 18.0. The number of hydrogen-bond donors (Lipinski definition) is 3. The van der Waals surface area contributed by atoms with E-state index >= 15 is 0 Å². The average molecular weight is 442 g/mol. The van der Waals surface area contributed by atoms with E-state index in [0.717, 1.165) is 36.2 Å². The molecule has 0 bridgehead atoms. The van der Waals surface area contributed by atoms with E-state index in [9.17, 15) is 14.3 Å². The van der Waals surface area contributed by atoms with Crippen molar-refractivity contribution in [3.05, 3.63) is 54.5 Å². The standard InChI is InChI=1S/C23H28FN5O3/c1-16-12-28(14-23(31)26-18-6-7-21-17(10-18)11-25-27-21)8-9-29(16)13-19(30)15-32-22-5-3-2-4-20(22)24/h2-7,10-11,16,19,30H,8-9,12-15H2,1H3,(H,25,27)(H,26,31). The molecule has 1 aliphatic rings. The van der Waals surface area contributed by atoms with Gasteiger partial charge in [-0.25, -0.2) is 4.39 Å². The first kappa shape index (κ1) is 22.2. The molecule has 170 valence electrons. The number of aliphatic hydroxyl groups excluding tert-OH is 1. The molecule has 1 fully saturated rings. The van der Waals surface area contributed by atoms with Crippen molar-refractivity contribution < 1.29 is 19.0 Å². The molecule has 1 aromatic heterocycles. The quantitative estimate of drug-likeness (QED) is 0.496. The lowest BCUT2D eigenvalue weighted by atomic mass is 10.1. The largest absolute Gasteiger partial charge is 0.488 e. The smallest absolute Gasteiger partial charge is 0.238 e. The van der Waals surface area contributed by atoms with Gasteiger partial charge in [-0.2, -0.15) is 5.10 Å². The van der Waals surface area contributed by atoms with Gasteiger partial charge in [-0.15, -0.1) is 0 Å². The fourth-order valence-electron chi connectivity index (χ4n) is 3.98. The van der Waals surface area contributed by atoms with E-state index in [2.05, 4.69) is 32.2 Å². The Morgan fingerprint density at radius 2 is 2.19 bits per heavy atom. The molecule has 32 heavy (non-hydrogen) atoms. The molecule has 1 amide bonds.